The molecule has 2 fully saturated rings. The van der Waals surface area contributed by atoms with E-state index < -0.39 is 6.04 Å². The van der Waals surface area contributed by atoms with Gasteiger partial charge in [-0.15, -0.1) is 10.2 Å². The number of rotatable bonds is 4. The summed E-state index contributed by atoms with van der Waals surface area (Å²) in [6, 6.07) is 2.80. The molecule has 2 aromatic heterocycles. The van der Waals surface area contributed by atoms with Gasteiger partial charge in [0.1, 0.15) is 11.0 Å². The van der Waals surface area contributed by atoms with E-state index in [0.29, 0.717) is 24.0 Å². The first-order chi connectivity index (χ1) is 12.7. The normalized spacial score (nSPS) is 21.1. The molecule has 1 saturated heterocycles. The summed E-state index contributed by atoms with van der Waals surface area (Å²) in [5.41, 5.74) is 0. The van der Waals surface area contributed by atoms with Crippen LogP contribution in [0, 0.1) is 0 Å². The van der Waals surface area contributed by atoms with Gasteiger partial charge >= 0.3 is 0 Å². The van der Waals surface area contributed by atoms with Crippen molar-refractivity contribution in [1.29, 1.82) is 0 Å². The Hall–Kier alpha value is -2.22. The smallest absolute Gasteiger partial charge is 0.290 e. The SMILES string of the molecule is O=C(Nc1nnc(C2CCCCC2)s1)C1CCCN1C(=O)c1ccco1. The maximum Gasteiger partial charge on any atom is 0.290 e. The molecule has 1 unspecified atom stereocenters. The minimum absolute atomic E-state index is 0.200. The van der Waals surface area contributed by atoms with Crippen molar-refractivity contribution in [3.8, 4) is 0 Å². The molecule has 138 valence electrons. The predicted molar refractivity (Wildman–Crippen MR) is 97.1 cm³/mol. The minimum Gasteiger partial charge on any atom is -0.459 e. The number of nitrogens with one attached hydrogen (secondary N) is 1. The minimum atomic E-state index is -0.491. The van der Waals surface area contributed by atoms with Gasteiger partial charge < -0.3 is 9.32 Å². The molecule has 7 nitrogen and oxygen atoms in total. The van der Waals surface area contributed by atoms with Crippen molar-refractivity contribution in [1.82, 2.24) is 15.1 Å². The van der Waals surface area contributed by atoms with Gasteiger partial charge in [0.2, 0.25) is 11.0 Å². The number of carbonyl (C=O) groups excluding carboxylic acids is 2. The van der Waals surface area contributed by atoms with Crippen LogP contribution < -0.4 is 5.32 Å². The molecule has 2 amide bonds. The van der Waals surface area contributed by atoms with E-state index in [1.54, 1.807) is 17.0 Å². The van der Waals surface area contributed by atoms with Gasteiger partial charge in [0.05, 0.1) is 6.26 Å². The van der Waals surface area contributed by atoms with Crippen molar-refractivity contribution in [3.63, 3.8) is 0 Å². The predicted octanol–water partition coefficient (Wildman–Crippen LogP) is 3.42. The Morgan fingerprint density at radius 3 is 2.77 bits per heavy atom. The zero-order chi connectivity index (χ0) is 17.9. The van der Waals surface area contributed by atoms with Gasteiger partial charge in [0.25, 0.3) is 5.91 Å². The fourth-order valence-corrected chi connectivity index (χ4v) is 4.73. The molecule has 26 heavy (non-hydrogen) atoms. The van der Waals surface area contributed by atoms with Crippen LogP contribution in [0.5, 0.6) is 0 Å². The lowest BCUT2D eigenvalue weighted by molar-refractivity contribution is -0.119. The highest BCUT2D eigenvalue weighted by molar-refractivity contribution is 7.15. The summed E-state index contributed by atoms with van der Waals surface area (Å²) < 4.78 is 5.18. The Kier molecular flexibility index (Phi) is 5.01. The summed E-state index contributed by atoms with van der Waals surface area (Å²) in [6.45, 7) is 0.557. The number of anilines is 1. The van der Waals surface area contributed by atoms with E-state index in [1.165, 1.54) is 36.9 Å². The molecule has 0 radical (unpaired) electrons. The van der Waals surface area contributed by atoms with Gasteiger partial charge in [-0.3, -0.25) is 14.9 Å². The first-order valence-corrected chi connectivity index (χ1v) is 10.0. The lowest BCUT2D eigenvalue weighted by Gasteiger charge is -2.22. The monoisotopic (exact) mass is 374 g/mol. The van der Waals surface area contributed by atoms with E-state index in [-0.39, 0.29) is 17.6 Å². The number of furan rings is 1. The molecule has 1 atom stereocenters. The van der Waals surface area contributed by atoms with Gasteiger partial charge in [-0.1, -0.05) is 30.6 Å². The molecule has 1 aliphatic heterocycles. The summed E-state index contributed by atoms with van der Waals surface area (Å²) in [5, 5.41) is 12.8. The maximum atomic E-state index is 12.7. The molecule has 1 saturated carbocycles. The van der Waals surface area contributed by atoms with Crippen LogP contribution in [0.25, 0.3) is 0 Å². The number of amides is 2. The second-order valence-corrected chi connectivity index (χ2v) is 7.91. The Morgan fingerprint density at radius 2 is 2.00 bits per heavy atom. The van der Waals surface area contributed by atoms with Gasteiger partial charge in [0, 0.05) is 12.5 Å². The number of hydrogen-bond acceptors (Lipinski definition) is 6. The quantitative estimate of drug-likeness (QED) is 0.886. The highest BCUT2D eigenvalue weighted by atomic mass is 32.1. The fraction of sp³-hybridized carbons (Fsp3) is 0.556. The first-order valence-electron chi connectivity index (χ1n) is 9.21. The molecule has 1 aliphatic carbocycles. The van der Waals surface area contributed by atoms with E-state index in [4.69, 9.17) is 4.42 Å². The number of carbonyl (C=O) groups is 2. The van der Waals surface area contributed by atoms with Crippen LogP contribution in [-0.4, -0.2) is 39.5 Å². The average Bonchev–Trinajstić information content (AvgIpc) is 3.42. The second-order valence-electron chi connectivity index (χ2n) is 6.90. The van der Waals surface area contributed by atoms with Crippen LogP contribution in [-0.2, 0) is 4.79 Å². The van der Waals surface area contributed by atoms with Crippen LogP contribution >= 0.6 is 11.3 Å². The lowest BCUT2D eigenvalue weighted by atomic mass is 9.90. The number of likely N-dealkylation sites (tertiary alicyclic amines) is 1. The second kappa shape index (κ2) is 7.57. The number of nitrogens with zero attached hydrogens (tertiary/aromatic N) is 3. The third kappa shape index (κ3) is 3.51. The summed E-state index contributed by atoms with van der Waals surface area (Å²) >= 11 is 1.46. The van der Waals surface area contributed by atoms with E-state index in [2.05, 4.69) is 15.5 Å². The van der Waals surface area contributed by atoms with Crippen LogP contribution in [0.2, 0.25) is 0 Å². The van der Waals surface area contributed by atoms with Crippen LogP contribution in [0.4, 0.5) is 5.13 Å². The summed E-state index contributed by atoms with van der Waals surface area (Å²) in [6.07, 6.45) is 8.97. The van der Waals surface area contributed by atoms with Gasteiger partial charge in [-0.25, -0.2) is 0 Å². The van der Waals surface area contributed by atoms with E-state index in [9.17, 15) is 9.59 Å². The Morgan fingerprint density at radius 1 is 1.15 bits per heavy atom. The van der Waals surface area contributed by atoms with Crippen molar-refractivity contribution in [2.45, 2.75) is 56.9 Å². The third-order valence-corrected chi connectivity index (χ3v) is 6.17. The van der Waals surface area contributed by atoms with Crippen molar-refractivity contribution >= 4 is 28.3 Å². The summed E-state index contributed by atoms with van der Waals surface area (Å²) in [4.78, 5) is 26.8. The fourth-order valence-electron chi connectivity index (χ4n) is 3.81. The van der Waals surface area contributed by atoms with Crippen molar-refractivity contribution < 1.29 is 14.0 Å². The van der Waals surface area contributed by atoms with Crippen molar-refractivity contribution in [2.24, 2.45) is 0 Å². The maximum absolute atomic E-state index is 12.7. The standard InChI is InChI=1S/C18H22N4O3S/c23-15(13-8-4-10-22(13)17(24)14-9-5-11-25-14)19-18-21-20-16(26-18)12-6-2-1-3-7-12/h5,9,11-13H,1-4,6-8,10H2,(H,19,21,23). The molecule has 4 rings (SSSR count). The Balaban J connectivity index is 1.41. The van der Waals surface area contributed by atoms with E-state index in [1.807, 2.05) is 0 Å². The largest absolute Gasteiger partial charge is 0.459 e. The molecular weight excluding hydrogens is 352 g/mol. The van der Waals surface area contributed by atoms with Gasteiger partial charge in [0.15, 0.2) is 5.76 Å². The highest BCUT2D eigenvalue weighted by Gasteiger charge is 2.36. The number of aromatic nitrogens is 2. The van der Waals surface area contributed by atoms with Gasteiger partial charge in [-0.2, -0.15) is 0 Å². The molecule has 0 aromatic carbocycles. The van der Waals surface area contributed by atoms with E-state index >= 15 is 0 Å². The highest BCUT2D eigenvalue weighted by Crippen LogP contribution is 2.35. The first kappa shape index (κ1) is 17.2. The summed E-state index contributed by atoms with van der Waals surface area (Å²) in [5.74, 6) is 0.289. The molecule has 0 bridgehead atoms. The topological polar surface area (TPSA) is 88.3 Å². The Bertz CT molecular complexity index is 767. The summed E-state index contributed by atoms with van der Waals surface area (Å²) in [7, 11) is 0. The van der Waals surface area contributed by atoms with E-state index in [0.717, 1.165) is 24.3 Å². The van der Waals surface area contributed by atoms with Crippen LogP contribution in [0.1, 0.15) is 66.4 Å². The van der Waals surface area contributed by atoms with Crippen molar-refractivity contribution in [3.05, 3.63) is 29.2 Å². The van der Waals surface area contributed by atoms with Crippen LogP contribution in [0.15, 0.2) is 22.8 Å². The van der Waals surface area contributed by atoms with Crippen molar-refractivity contribution in [2.75, 3.05) is 11.9 Å². The molecule has 2 aromatic rings. The molecular formula is C18H22N4O3S. The zero-order valence-corrected chi connectivity index (χ0v) is 15.3. The number of hydrogen-bond donors (Lipinski definition) is 1. The third-order valence-electron chi connectivity index (χ3n) is 5.17. The Labute approximate surface area is 155 Å². The zero-order valence-electron chi connectivity index (χ0n) is 14.5. The molecule has 2 aliphatic rings. The average molecular weight is 374 g/mol. The van der Waals surface area contributed by atoms with Gasteiger partial charge in [-0.05, 0) is 37.8 Å². The molecule has 3 heterocycles. The van der Waals surface area contributed by atoms with Crippen LogP contribution in [0.3, 0.4) is 0 Å². The lowest BCUT2D eigenvalue weighted by Crippen LogP contribution is -2.43. The molecule has 8 heteroatoms. The molecule has 0 spiro atoms. The molecule has 1 N–H and O–H groups in total.